The van der Waals surface area contributed by atoms with E-state index in [0.29, 0.717) is 30.4 Å². The minimum atomic E-state index is -0.927. The number of furan rings is 1. The van der Waals surface area contributed by atoms with Gasteiger partial charge < -0.3 is 14.1 Å². The first-order chi connectivity index (χ1) is 9.19. The van der Waals surface area contributed by atoms with Crippen molar-refractivity contribution in [3.63, 3.8) is 0 Å². The molecule has 1 aliphatic heterocycles. The normalized spacial score (nSPS) is 13.9. The van der Waals surface area contributed by atoms with Crippen LogP contribution in [-0.2, 0) is 13.1 Å². The summed E-state index contributed by atoms with van der Waals surface area (Å²) in [5.74, 6) is 4.25. The molecule has 3 heterocycles. The van der Waals surface area contributed by atoms with Crippen molar-refractivity contribution in [1.82, 2.24) is 14.5 Å². The average Bonchev–Trinajstić information content (AvgIpc) is 3.03. The minimum absolute atomic E-state index is 0.290. The molecular formula is C13H11N3O3. The smallest absolute Gasteiger partial charge is 0.407 e. The van der Waals surface area contributed by atoms with Gasteiger partial charge in [0.1, 0.15) is 11.5 Å². The molecule has 0 spiro atoms. The van der Waals surface area contributed by atoms with Gasteiger partial charge in [-0.3, -0.25) is 4.90 Å². The average molecular weight is 257 g/mol. The number of nitrogens with zero attached hydrogens (tertiary/aromatic N) is 3. The Morgan fingerprint density at radius 1 is 1.47 bits per heavy atom. The minimum Gasteiger partial charge on any atom is -0.465 e. The maximum atomic E-state index is 10.9. The van der Waals surface area contributed by atoms with Gasteiger partial charge >= 0.3 is 6.09 Å². The van der Waals surface area contributed by atoms with Crippen molar-refractivity contribution in [3.8, 4) is 23.8 Å². The lowest BCUT2D eigenvalue weighted by molar-refractivity contribution is 0.132. The number of amides is 1. The Kier molecular flexibility index (Phi) is 2.53. The zero-order valence-corrected chi connectivity index (χ0v) is 10.0. The van der Waals surface area contributed by atoms with Crippen LogP contribution in [0.25, 0.3) is 11.5 Å². The van der Waals surface area contributed by atoms with Gasteiger partial charge in [0.25, 0.3) is 0 Å². The van der Waals surface area contributed by atoms with E-state index in [1.54, 1.807) is 18.3 Å². The summed E-state index contributed by atoms with van der Waals surface area (Å²) in [5, 5.41) is 8.97. The summed E-state index contributed by atoms with van der Waals surface area (Å²) in [6, 6.07) is 3.52. The fraction of sp³-hybridized carbons (Fsp3) is 0.231. The van der Waals surface area contributed by atoms with E-state index in [9.17, 15) is 4.79 Å². The van der Waals surface area contributed by atoms with E-state index in [1.165, 1.54) is 4.90 Å². The Bertz CT molecular complexity index is 678. The molecule has 0 unspecified atom stereocenters. The van der Waals surface area contributed by atoms with Crippen molar-refractivity contribution >= 4 is 6.09 Å². The number of hydrogen-bond acceptors (Lipinski definition) is 3. The molecule has 0 aromatic carbocycles. The molecule has 0 atom stereocenters. The van der Waals surface area contributed by atoms with Gasteiger partial charge in [0.2, 0.25) is 0 Å². The number of hydrogen-bond donors (Lipinski definition) is 1. The summed E-state index contributed by atoms with van der Waals surface area (Å²) < 4.78 is 7.45. The number of carbonyl (C=O) groups is 1. The summed E-state index contributed by atoms with van der Waals surface area (Å²) >= 11 is 0. The number of carboxylic acid groups (broad SMARTS) is 1. The third kappa shape index (κ3) is 1.85. The molecule has 2 aromatic heterocycles. The van der Waals surface area contributed by atoms with Crippen LogP contribution in [0.3, 0.4) is 0 Å². The van der Waals surface area contributed by atoms with E-state index in [4.69, 9.17) is 15.9 Å². The second-order valence-electron chi connectivity index (χ2n) is 4.22. The van der Waals surface area contributed by atoms with E-state index >= 15 is 0 Å². The maximum absolute atomic E-state index is 10.9. The van der Waals surface area contributed by atoms with Crippen molar-refractivity contribution in [2.24, 2.45) is 0 Å². The summed E-state index contributed by atoms with van der Waals surface area (Å²) in [6.07, 6.45) is 6.02. The molecule has 1 amide bonds. The first-order valence-electron chi connectivity index (χ1n) is 5.78. The number of fused-ring (bicyclic) bond motifs is 1. The SMILES string of the molecule is C#Cc1ccc(-c2cnc3n2CCN(C(=O)O)C3)o1. The van der Waals surface area contributed by atoms with Gasteiger partial charge in [-0.05, 0) is 18.1 Å². The van der Waals surface area contributed by atoms with Crippen molar-refractivity contribution in [2.45, 2.75) is 13.1 Å². The molecule has 0 saturated carbocycles. The lowest BCUT2D eigenvalue weighted by atomic mass is 10.3. The predicted molar refractivity (Wildman–Crippen MR) is 66.3 cm³/mol. The molecule has 0 radical (unpaired) electrons. The molecule has 19 heavy (non-hydrogen) atoms. The van der Waals surface area contributed by atoms with Gasteiger partial charge in [-0.1, -0.05) is 0 Å². The largest absolute Gasteiger partial charge is 0.465 e. The van der Waals surface area contributed by atoms with E-state index in [2.05, 4.69) is 10.9 Å². The third-order valence-electron chi connectivity index (χ3n) is 3.14. The van der Waals surface area contributed by atoms with Crippen LogP contribution in [0.2, 0.25) is 0 Å². The predicted octanol–water partition coefficient (Wildman–Crippen LogP) is 1.62. The molecule has 2 aromatic rings. The topological polar surface area (TPSA) is 71.5 Å². The van der Waals surface area contributed by atoms with Crippen molar-refractivity contribution < 1.29 is 14.3 Å². The number of imidazole rings is 1. The summed E-state index contributed by atoms with van der Waals surface area (Å²) in [7, 11) is 0. The third-order valence-corrected chi connectivity index (χ3v) is 3.14. The molecule has 1 N–H and O–H groups in total. The van der Waals surface area contributed by atoms with Crippen molar-refractivity contribution in [1.29, 1.82) is 0 Å². The van der Waals surface area contributed by atoms with E-state index in [-0.39, 0.29) is 6.54 Å². The quantitative estimate of drug-likeness (QED) is 0.788. The summed E-state index contributed by atoms with van der Waals surface area (Å²) in [4.78, 5) is 16.5. The number of rotatable bonds is 1. The highest BCUT2D eigenvalue weighted by Crippen LogP contribution is 2.25. The van der Waals surface area contributed by atoms with Gasteiger partial charge in [0.05, 0.1) is 12.7 Å². The molecule has 1 aliphatic rings. The van der Waals surface area contributed by atoms with Gasteiger partial charge in [-0.25, -0.2) is 9.78 Å². The molecule has 0 fully saturated rings. The van der Waals surface area contributed by atoms with Gasteiger partial charge in [-0.15, -0.1) is 6.42 Å². The molecule has 6 nitrogen and oxygen atoms in total. The lowest BCUT2D eigenvalue weighted by Crippen LogP contribution is -2.37. The Labute approximate surface area is 109 Å². The second kappa shape index (κ2) is 4.21. The Hall–Kier alpha value is -2.68. The zero-order chi connectivity index (χ0) is 13.4. The van der Waals surface area contributed by atoms with Crippen LogP contribution < -0.4 is 0 Å². The van der Waals surface area contributed by atoms with Crippen LogP contribution in [0, 0.1) is 12.3 Å². The first-order valence-corrected chi connectivity index (χ1v) is 5.78. The van der Waals surface area contributed by atoms with Gasteiger partial charge in [-0.2, -0.15) is 0 Å². The summed E-state index contributed by atoms with van der Waals surface area (Å²) in [6.45, 7) is 1.29. The fourth-order valence-corrected chi connectivity index (χ4v) is 2.17. The molecule has 0 saturated heterocycles. The van der Waals surface area contributed by atoms with Crippen LogP contribution in [-0.4, -0.2) is 32.2 Å². The summed E-state index contributed by atoms with van der Waals surface area (Å²) in [5.41, 5.74) is 0.821. The monoisotopic (exact) mass is 257 g/mol. The number of terminal acetylenes is 1. The Morgan fingerprint density at radius 3 is 3.00 bits per heavy atom. The molecule has 6 heteroatoms. The Balaban J connectivity index is 1.95. The standard InChI is InChI=1S/C13H11N3O3/c1-2-9-3-4-11(19-9)10-7-14-12-8-15(13(17)18)5-6-16(10)12/h1,3-4,7H,5-6,8H2,(H,17,18). The molecular weight excluding hydrogens is 246 g/mol. The number of aromatic nitrogens is 2. The molecule has 3 rings (SSSR count). The van der Waals surface area contributed by atoms with E-state index < -0.39 is 6.09 Å². The van der Waals surface area contributed by atoms with Gasteiger partial charge in [0, 0.05) is 13.1 Å². The lowest BCUT2D eigenvalue weighted by Gasteiger charge is -2.25. The van der Waals surface area contributed by atoms with Crippen LogP contribution in [0.1, 0.15) is 11.6 Å². The zero-order valence-electron chi connectivity index (χ0n) is 10.0. The van der Waals surface area contributed by atoms with E-state index in [0.717, 1.165) is 5.69 Å². The fourth-order valence-electron chi connectivity index (χ4n) is 2.17. The van der Waals surface area contributed by atoms with E-state index in [1.807, 2.05) is 4.57 Å². The highest BCUT2D eigenvalue weighted by atomic mass is 16.4. The van der Waals surface area contributed by atoms with Gasteiger partial charge in [0.15, 0.2) is 11.5 Å². The highest BCUT2D eigenvalue weighted by molar-refractivity contribution is 5.65. The second-order valence-corrected chi connectivity index (χ2v) is 4.22. The molecule has 96 valence electrons. The van der Waals surface area contributed by atoms with Crippen LogP contribution >= 0.6 is 0 Å². The molecule has 0 bridgehead atoms. The first kappa shape index (κ1) is 11.4. The van der Waals surface area contributed by atoms with Crippen molar-refractivity contribution in [2.75, 3.05) is 6.54 Å². The highest BCUT2D eigenvalue weighted by Gasteiger charge is 2.24. The molecule has 0 aliphatic carbocycles. The van der Waals surface area contributed by atoms with Crippen LogP contribution in [0.4, 0.5) is 4.79 Å². The Morgan fingerprint density at radius 2 is 2.32 bits per heavy atom. The van der Waals surface area contributed by atoms with Crippen molar-refractivity contribution in [3.05, 3.63) is 29.9 Å². The van der Waals surface area contributed by atoms with Crippen LogP contribution in [0.5, 0.6) is 0 Å². The maximum Gasteiger partial charge on any atom is 0.407 e. The van der Waals surface area contributed by atoms with Crippen LogP contribution in [0.15, 0.2) is 22.7 Å².